The van der Waals surface area contributed by atoms with Gasteiger partial charge in [0.15, 0.2) is 5.82 Å². The van der Waals surface area contributed by atoms with Crippen LogP contribution in [-0.2, 0) is 9.47 Å². The minimum absolute atomic E-state index is 0.187. The van der Waals surface area contributed by atoms with Gasteiger partial charge < -0.3 is 19.5 Å². The second-order valence-electron chi connectivity index (χ2n) is 9.76. The van der Waals surface area contributed by atoms with Crippen LogP contribution in [0, 0.1) is 0 Å². The van der Waals surface area contributed by atoms with Crippen LogP contribution in [0.3, 0.4) is 0 Å². The first kappa shape index (κ1) is 27.4. The number of rotatable bonds is 8. The maximum atomic E-state index is 14.2. The SMILES string of the molecule is FC(F)c1nc2ccccc2n1C1=NC(Nc2ccnc(OCCCN3CCOCC3)c2)=NCN1N1CCOCC1. The molecule has 5 heterocycles. The molecule has 0 spiro atoms. The van der Waals surface area contributed by atoms with Gasteiger partial charge in [-0.2, -0.15) is 4.99 Å². The standard InChI is InChI=1S/C27H33F2N9O3/c28-24(29)25-33-21-4-1-2-5-22(21)38(25)27-34-26(31-19-37(27)36-11-16-40-17-12-36)32-20-6-7-30-23(18-20)41-13-3-8-35-9-14-39-15-10-35/h1-2,4-7,18,24H,3,8-17,19H2,(H,30,31,32). The largest absolute Gasteiger partial charge is 0.478 e. The molecule has 0 saturated carbocycles. The van der Waals surface area contributed by atoms with Gasteiger partial charge >= 0.3 is 0 Å². The van der Waals surface area contributed by atoms with Gasteiger partial charge in [-0.25, -0.2) is 28.8 Å². The van der Waals surface area contributed by atoms with Crippen molar-refractivity contribution >= 4 is 28.6 Å². The number of aromatic nitrogens is 3. The molecular formula is C27H33F2N9O3. The molecule has 0 aliphatic carbocycles. The Balaban J connectivity index is 1.21. The molecule has 0 unspecified atom stereocenters. The van der Waals surface area contributed by atoms with Gasteiger partial charge in [0, 0.05) is 50.7 Å². The van der Waals surface area contributed by atoms with E-state index in [0.29, 0.717) is 61.5 Å². The zero-order valence-corrected chi connectivity index (χ0v) is 22.7. The number of anilines is 1. The summed E-state index contributed by atoms with van der Waals surface area (Å²) >= 11 is 0. The fraction of sp³-hybridized carbons (Fsp3) is 0.481. The van der Waals surface area contributed by atoms with Gasteiger partial charge in [0.1, 0.15) is 6.67 Å². The summed E-state index contributed by atoms with van der Waals surface area (Å²) in [6.45, 7) is 7.33. The molecule has 2 fully saturated rings. The highest BCUT2D eigenvalue weighted by Crippen LogP contribution is 2.26. The Bertz CT molecular complexity index is 1390. The van der Waals surface area contributed by atoms with Crippen molar-refractivity contribution < 1.29 is 23.0 Å². The Labute approximate surface area is 236 Å². The van der Waals surface area contributed by atoms with Crippen LogP contribution >= 0.6 is 0 Å². The number of fused-ring (bicyclic) bond motifs is 1. The van der Waals surface area contributed by atoms with Crippen LogP contribution in [0.5, 0.6) is 5.88 Å². The van der Waals surface area contributed by atoms with E-state index in [-0.39, 0.29) is 18.5 Å². The Kier molecular flexibility index (Phi) is 8.60. The van der Waals surface area contributed by atoms with Crippen LogP contribution in [0.2, 0.25) is 0 Å². The summed E-state index contributed by atoms with van der Waals surface area (Å²) in [6, 6.07) is 10.6. The predicted octanol–water partition coefficient (Wildman–Crippen LogP) is 2.66. The number of aliphatic imine (C=N–C) groups is 2. The zero-order valence-electron chi connectivity index (χ0n) is 22.7. The van der Waals surface area contributed by atoms with Crippen molar-refractivity contribution in [2.24, 2.45) is 9.98 Å². The number of imidazole rings is 1. The van der Waals surface area contributed by atoms with Gasteiger partial charge in [-0.3, -0.25) is 14.5 Å². The molecule has 1 aromatic carbocycles. The molecule has 0 atom stereocenters. The summed E-state index contributed by atoms with van der Waals surface area (Å²) < 4.78 is 46.7. The van der Waals surface area contributed by atoms with E-state index in [9.17, 15) is 8.78 Å². The molecule has 6 rings (SSSR count). The fourth-order valence-corrected chi connectivity index (χ4v) is 5.02. The van der Waals surface area contributed by atoms with Crippen LogP contribution in [-0.4, -0.2) is 114 Å². The summed E-state index contributed by atoms with van der Waals surface area (Å²) in [5.41, 5.74) is 1.68. The molecule has 3 aliphatic rings. The molecule has 14 heteroatoms. The molecule has 0 radical (unpaired) electrons. The monoisotopic (exact) mass is 569 g/mol. The summed E-state index contributed by atoms with van der Waals surface area (Å²) in [5, 5.41) is 7.03. The highest BCUT2D eigenvalue weighted by Gasteiger charge is 2.31. The van der Waals surface area contributed by atoms with Gasteiger partial charge in [0.05, 0.1) is 44.1 Å². The van der Waals surface area contributed by atoms with Crippen LogP contribution in [0.15, 0.2) is 52.6 Å². The van der Waals surface area contributed by atoms with Crippen molar-refractivity contribution in [3.63, 3.8) is 0 Å². The molecule has 3 aromatic rings. The van der Waals surface area contributed by atoms with E-state index in [1.165, 1.54) is 4.57 Å². The molecule has 2 saturated heterocycles. The van der Waals surface area contributed by atoms with Crippen LogP contribution in [0.4, 0.5) is 14.5 Å². The maximum Gasteiger partial charge on any atom is 0.296 e. The first-order chi connectivity index (χ1) is 20.2. The van der Waals surface area contributed by atoms with E-state index >= 15 is 0 Å². The molecule has 2 aromatic heterocycles. The van der Waals surface area contributed by atoms with Crippen LogP contribution in [0.25, 0.3) is 11.0 Å². The number of benzene rings is 1. The Morgan fingerprint density at radius 2 is 1.78 bits per heavy atom. The molecule has 1 N–H and O–H groups in total. The Hall–Kier alpha value is -3.72. The number of guanidine groups is 1. The number of hydrazine groups is 1. The van der Waals surface area contributed by atoms with Crippen LogP contribution in [0.1, 0.15) is 18.7 Å². The highest BCUT2D eigenvalue weighted by molar-refractivity contribution is 6.06. The molecule has 0 bridgehead atoms. The third-order valence-electron chi connectivity index (χ3n) is 7.07. The number of alkyl halides is 2. The van der Waals surface area contributed by atoms with Gasteiger partial charge in [0.2, 0.25) is 17.8 Å². The number of para-hydroxylation sites is 2. The predicted molar refractivity (Wildman–Crippen MR) is 149 cm³/mol. The average molecular weight is 570 g/mol. The van der Waals surface area contributed by atoms with E-state index in [2.05, 4.69) is 25.2 Å². The van der Waals surface area contributed by atoms with Crippen molar-refractivity contribution in [2.75, 3.05) is 77.7 Å². The molecule has 3 aliphatic heterocycles. The fourth-order valence-electron chi connectivity index (χ4n) is 5.02. The van der Waals surface area contributed by atoms with Crippen molar-refractivity contribution in [2.45, 2.75) is 12.8 Å². The van der Waals surface area contributed by atoms with E-state index in [1.54, 1.807) is 42.6 Å². The number of hydrogen-bond donors (Lipinski definition) is 1. The summed E-state index contributed by atoms with van der Waals surface area (Å²) in [7, 11) is 0. The smallest absolute Gasteiger partial charge is 0.296 e. The number of nitrogens with one attached hydrogen (secondary N) is 1. The van der Waals surface area contributed by atoms with Crippen molar-refractivity contribution in [3.8, 4) is 5.88 Å². The number of pyridine rings is 1. The molecule has 12 nitrogen and oxygen atoms in total. The van der Waals surface area contributed by atoms with Crippen molar-refractivity contribution in [1.82, 2.24) is 29.5 Å². The lowest BCUT2D eigenvalue weighted by Gasteiger charge is -2.39. The maximum absolute atomic E-state index is 14.2. The number of halogens is 2. The Morgan fingerprint density at radius 1 is 1.00 bits per heavy atom. The zero-order chi connectivity index (χ0) is 28.0. The second-order valence-corrected chi connectivity index (χ2v) is 9.76. The van der Waals surface area contributed by atoms with Gasteiger partial charge in [-0.05, 0) is 24.6 Å². The number of hydrogen-bond acceptors (Lipinski definition) is 11. The lowest BCUT2D eigenvalue weighted by atomic mass is 10.3. The summed E-state index contributed by atoms with van der Waals surface area (Å²) in [6.07, 6.45) is -0.274. The quantitative estimate of drug-likeness (QED) is 0.410. The highest BCUT2D eigenvalue weighted by atomic mass is 19.3. The Morgan fingerprint density at radius 3 is 2.59 bits per heavy atom. The third-order valence-corrected chi connectivity index (χ3v) is 7.07. The molecular weight excluding hydrogens is 536 g/mol. The van der Waals surface area contributed by atoms with E-state index in [0.717, 1.165) is 39.3 Å². The molecule has 41 heavy (non-hydrogen) atoms. The summed E-state index contributed by atoms with van der Waals surface area (Å²) in [4.78, 5) is 20.3. The third kappa shape index (κ3) is 6.45. The van der Waals surface area contributed by atoms with Gasteiger partial charge in [-0.1, -0.05) is 12.1 Å². The number of ether oxygens (including phenoxy) is 3. The number of nitrogens with zero attached hydrogens (tertiary/aromatic N) is 8. The van der Waals surface area contributed by atoms with Crippen LogP contribution < -0.4 is 10.1 Å². The lowest BCUT2D eigenvalue weighted by molar-refractivity contribution is -0.0512. The summed E-state index contributed by atoms with van der Waals surface area (Å²) in [5.74, 6) is 0.684. The van der Waals surface area contributed by atoms with E-state index in [4.69, 9.17) is 19.2 Å². The number of morpholine rings is 2. The van der Waals surface area contributed by atoms with E-state index in [1.807, 2.05) is 10.0 Å². The minimum atomic E-state index is -2.80. The first-order valence-electron chi connectivity index (χ1n) is 13.8. The van der Waals surface area contributed by atoms with Crippen molar-refractivity contribution in [1.29, 1.82) is 0 Å². The minimum Gasteiger partial charge on any atom is -0.478 e. The van der Waals surface area contributed by atoms with E-state index < -0.39 is 6.43 Å². The lowest BCUT2D eigenvalue weighted by Crippen LogP contribution is -2.55. The average Bonchev–Trinajstić information content (AvgIpc) is 3.41. The first-order valence-corrected chi connectivity index (χ1v) is 13.8. The molecule has 218 valence electrons. The normalized spacial score (nSPS) is 19.0. The topological polar surface area (TPSA) is 105 Å². The second kappa shape index (κ2) is 12.9. The van der Waals surface area contributed by atoms with Gasteiger partial charge in [0.25, 0.3) is 6.43 Å². The van der Waals surface area contributed by atoms with Crippen molar-refractivity contribution in [3.05, 3.63) is 48.4 Å². The molecule has 0 amide bonds. The van der Waals surface area contributed by atoms with Gasteiger partial charge in [-0.15, -0.1) is 0 Å².